The molecule has 1 unspecified atom stereocenters. The second-order valence-electron chi connectivity index (χ2n) is 7.13. The van der Waals surface area contributed by atoms with Crippen molar-refractivity contribution in [2.75, 3.05) is 19.1 Å². The van der Waals surface area contributed by atoms with Crippen LogP contribution in [-0.2, 0) is 9.59 Å². The van der Waals surface area contributed by atoms with E-state index in [0.717, 1.165) is 4.47 Å². The van der Waals surface area contributed by atoms with Gasteiger partial charge in [-0.05, 0) is 49.4 Å². The standard InChI is InChI=1S/C24H20BrNO6/c1-13-10-11-18(32-13)21-20(22(27)19-16(30-2)8-5-9-17(19)31-3)23(28)24(29)26(21)15-7-4-6-14(25)12-15/h4-12,21,27H,1-3H3/b22-20+. The SMILES string of the molecule is COc1cccc(OC)c1/C(O)=C1\C(=O)C(=O)N(c2cccc(Br)c2)C1c1ccc(C)o1. The largest absolute Gasteiger partial charge is 0.506 e. The number of anilines is 1. The first-order valence-electron chi connectivity index (χ1n) is 9.71. The number of Topliss-reactive ketones (excluding diaryl/α,β-unsaturated/α-hetero) is 1. The quantitative estimate of drug-likeness (QED) is 0.303. The molecule has 1 fully saturated rings. The number of methoxy groups -OCH3 is 2. The molecule has 32 heavy (non-hydrogen) atoms. The van der Waals surface area contributed by atoms with Crippen LogP contribution < -0.4 is 14.4 Å². The maximum atomic E-state index is 13.2. The van der Waals surface area contributed by atoms with E-state index >= 15 is 0 Å². The Labute approximate surface area is 193 Å². The molecule has 1 amide bonds. The summed E-state index contributed by atoms with van der Waals surface area (Å²) in [4.78, 5) is 27.7. The maximum Gasteiger partial charge on any atom is 0.300 e. The summed E-state index contributed by atoms with van der Waals surface area (Å²) in [5, 5.41) is 11.4. The lowest BCUT2D eigenvalue weighted by Crippen LogP contribution is -2.29. The van der Waals surface area contributed by atoms with Crippen molar-refractivity contribution < 1.29 is 28.6 Å². The van der Waals surface area contributed by atoms with Crippen molar-refractivity contribution in [2.24, 2.45) is 0 Å². The zero-order chi connectivity index (χ0) is 23.0. The zero-order valence-corrected chi connectivity index (χ0v) is 19.2. The zero-order valence-electron chi connectivity index (χ0n) is 17.6. The van der Waals surface area contributed by atoms with E-state index in [1.807, 2.05) is 6.07 Å². The van der Waals surface area contributed by atoms with E-state index in [-0.39, 0.29) is 11.1 Å². The Kier molecular flexibility index (Phi) is 5.80. The molecule has 1 aromatic heterocycles. The third kappa shape index (κ3) is 3.56. The highest BCUT2D eigenvalue weighted by atomic mass is 79.9. The van der Waals surface area contributed by atoms with E-state index in [0.29, 0.717) is 28.7 Å². The van der Waals surface area contributed by atoms with E-state index < -0.39 is 23.5 Å². The van der Waals surface area contributed by atoms with E-state index in [4.69, 9.17) is 13.9 Å². The van der Waals surface area contributed by atoms with Crippen molar-refractivity contribution in [3.05, 3.63) is 81.7 Å². The van der Waals surface area contributed by atoms with Gasteiger partial charge in [-0.2, -0.15) is 0 Å². The summed E-state index contributed by atoms with van der Waals surface area (Å²) in [5.41, 5.74) is 0.539. The molecular weight excluding hydrogens is 478 g/mol. The van der Waals surface area contributed by atoms with Crippen LogP contribution in [0.4, 0.5) is 5.69 Å². The molecule has 3 aromatic rings. The molecule has 2 heterocycles. The third-order valence-corrected chi connectivity index (χ3v) is 5.72. The Morgan fingerprint density at radius 1 is 1.03 bits per heavy atom. The molecule has 1 aliphatic rings. The monoisotopic (exact) mass is 497 g/mol. The molecule has 7 nitrogen and oxygen atoms in total. The summed E-state index contributed by atoms with van der Waals surface area (Å²) in [6, 6.07) is 14.4. The molecule has 164 valence electrons. The predicted octanol–water partition coefficient (Wildman–Crippen LogP) is 4.99. The Bertz CT molecular complexity index is 1220. The number of nitrogens with zero attached hydrogens (tertiary/aromatic N) is 1. The van der Waals surface area contributed by atoms with Crippen LogP contribution in [0, 0.1) is 6.92 Å². The van der Waals surface area contributed by atoms with Crippen LogP contribution in [0.3, 0.4) is 0 Å². The number of carbonyl (C=O) groups excluding carboxylic acids is 2. The molecule has 0 radical (unpaired) electrons. The molecule has 1 atom stereocenters. The second kappa shape index (κ2) is 8.55. The molecular formula is C24H20BrNO6. The average molecular weight is 498 g/mol. The number of hydrogen-bond acceptors (Lipinski definition) is 6. The van der Waals surface area contributed by atoms with Gasteiger partial charge in [0.05, 0.1) is 19.8 Å². The molecule has 4 rings (SSSR count). The van der Waals surface area contributed by atoms with Gasteiger partial charge in [0.15, 0.2) is 0 Å². The van der Waals surface area contributed by atoms with Gasteiger partial charge in [0.25, 0.3) is 11.7 Å². The number of aliphatic hydroxyl groups excluding tert-OH is 1. The summed E-state index contributed by atoms with van der Waals surface area (Å²) >= 11 is 3.40. The number of halogens is 1. The fourth-order valence-corrected chi connectivity index (χ4v) is 4.20. The van der Waals surface area contributed by atoms with E-state index in [1.165, 1.54) is 19.1 Å². The number of hydrogen-bond donors (Lipinski definition) is 1. The molecule has 0 saturated carbocycles. The van der Waals surface area contributed by atoms with Gasteiger partial charge in [0.1, 0.15) is 40.4 Å². The Morgan fingerprint density at radius 3 is 2.25 bits per heavy atom. The topological polar surface area (TPSA) is 89.2 Å². The van der Waals surface area contributed by atoms with E-state index in [2.05, 4.69) is 15.9 Å². The maximum absolute atomic E-state index is 13.2. The average Bonchev–Trinajstić information content (AvgIpc) is 3.33. The van der Waals surface area contributed by atoms with Gasteiger partial charge in [-0.1, -0.05) is 28.1 Å². The van der Waals surface area contributed by atoms with Crippen molar-refractivity contribution in [1.82, 2.24) is 0 Å². The van der Waals surface area contributed by atoms with Gasteiger partial charge in [-0.25, -0.2) is 0 Å². The van der Waals surface area contributed by atoms with Crippen LogP contribution in [0.2, 0.25) is 0 Å². The fourth-order valence-electron chi connectivity index (χ4n) is 3.81. The van der Waals surface area contributed by atoms with Gasteiger partial charge in [0, 0.05) is 10.2 Å². The van der Waals surface area contributed by atoms with Crippen LogP contribution in [0.15, 0.2) is 69.1 Å². The summed E-state index contributed by atoms with van der Waals surface area (Å²) in [6.07, 6.45) is 0. The van der Waals surface area contributed by atoms with Crippen LogP contribution in [0.25, 0.3) is 5.76 Å². The number of ketones is 1. The highest BCUT2D eigenvalue weighted by molar-refractivity contribution is 9.10. The molecule has 0 aliphatic carbocycles. The molecule has 0 bridgehead atoms. The molecule has 8 heteroatoms. The first-order valence-corrected chi connectivity index (χ1v) is 10.5. The lowest BCUT2D eigenvalue weighted by atomic mass is 9.98. The fraction of sp³-hybridized carbons (Fsp3) is 0.167. The summed E-state index contributed by atoms with van der Waals surface area (Å²) < 4.78 is 17.3. The third-order valence-electron chi connectivity index (χ3n) is 5.23. The lowest BCUT2D eigenvalue weighted by molar-refractivity contribution is -0.132. The van der Waals surface area contributed by atoms with Crippen LogP contribution >= 0.6 is 15.9 Å². The molecule has 2 aromatic carbocycles. The number of ether oxygens (including phenoxy) is 2. The number of rotatable bonds is 5. The normalized spacial score (nSPS) is 17.6. The highest BCUT2D eigenvalue weighted by Crippen LogP contribution is 2.45. The Hall–Kier alpha value is -3.52. The van der Waals surface area contributed by atoms with Crippen molar-refractivity contribution in [3.8, 4) is 11.5 Å². The first kappa shape index (κ1) is 21.7. The van der Waals surface area contributed by atoms with E-state index in [1.54, 1.807) is 55.5 Å². The predicted molar refractivity (Wildman–Crippen MR) is 122 cm³/mol. The van der Waals surface area contributed by atoms with Gasteiger partial charge in [-0.15, -0.1) is 0 Å². The van der Waals surface area contributed by atoms with E-state index in [9.17, 15) is 14.7 Å². The summed E-state index contributed by atoms with van der Waals surface area (Å²) in [5.74, 6) is -0.484. The van der Waals surface area contributed by atoms with Crippen molar-refractivity contribution >= 4 is 39.1 Å². The van der Waals surface area contributed by atoms with Gasteiger partial charge in [-0.3, -0.25) is 14.5 Å². The first-order chi connectivity index (χ1) is 15.4. The lowest BCUT2D eigenvalue weighted by Gasteiger charge is -2.24. The molecule has 1 N–H and O–H groups in total. The van der Waals surface area contributed by atoms with Crippen molar-refractivity contribution in [3.63, 3.8) is 0 Å². The number of carbonyl (C=O) groups is 2. The Balaban J connectivity index is 2.01. The van der Waals surface area contributed by atoms with Crippen LogP contribution in [0.5, 0.6) is 11.5 Å². The minimum absolute atomic E-state index is 0.118. The number of aryl methyl sites for hydroxylation is 1. The number of furan rings is 1. The van der Waals surface area contributed by atoms with Gasteiger partial charge in [0.2, 0.25) is 0 Å². The van der Waals surface area contributed by atoms with Crippen LogP contribution in [-0.4, -0.2) is 31.0 Å². The second-order valence-corrected chi connectivity index (χ2v) is 8.05. The van der Waals surface area contributed by atoms with Gasteiger partial charge >= 0.3 is 0 Å². The van der Waals surface area contributed by atoms with Gasteiger partial charge < -0.3 is 19.0 Å². The smallest absolute Gasteiger partial charge is 0.300 e. The number of benzene rings is 2. The molecule has 1 aliphatic heterocycles. The summed E-state index contributed by atoms with van der Waals surface area (Å²) in [7, 11) is 2.89. The van der Waals surface area contributed by atoms with Crippen molar-refractivity contribution in [1.29, 1.82) is 0 Å². The number of aliphatic hydroxyl groups is 1. The summed E-state index contributed by atoms with van der Waals surface area (Å²) in [6.45, 7) is 1.76. The highest BCUT2D eigenvalue weighted by Gasteiger charge is 2.49. The minimum Gasteiger partial charge on any atom is -0.506 e. The Morgan fingerprint density at radius 2 is 1.69 bits per heavy atom. The van der Waals surface area contributed by atoms with Crippen molar-refractivity contribution in [2.45, 2.75) is 13.0 Å². The minimum atomic E-state index is -0.979. The molecule has 1 saturated heterocycles. The molecule has 0 spiro atoms. The van der Waals surface area contributed by atoms with Crippen LogP contribution in [0.1, 0.15) is 23.1 Å². The number of amides is 1.